The zero-order valence-electron chi connectivity index (χ0n) is 19.4. The molecule has 3 rings (SSSR count). The Balaban J connectivity index is 1.88. The number of carbonyl (C=O) groups is 3. The first-order valence-electron chi connectivity index (χ1n) is 11.1. The van der Waals surface area contributed by atoms with Crippen LogP contribution in [-0.4, -0.2) is 59.0 Å². The number of nitrogens with two attached hydrogens (primary N) is 1. The highest BCUT2D eigenvalue weighted by atomic mass is 19.4. The van der Waals surface area contributed by atoms with E-state index in [1.165, 1.54) is 15.9 Å². The average Bonchev–Trinajstić information content (AvgIpc) is 3.65. The van der Waals surface area contributed by atoms with Crippen LogP contribution >= 0.6 is 0 Å². The van der Waals surface area contributed by atoms with Gasteiger partial charge >= 0.3 is 18.0 Å². The van der Waals surface area contributed by atoms with Gasteiger partial charge < -0.3 is 26.3 Å². The lowest BCUT2D eigenvalue weighted by Crippen LogP contribution is -2.60. The van der Waals surface area contributed by atoms with E-state index in [1.807, 2.05) is 0 Å². The summed E-state index contributed by atoms with van der Waals surface area (Å²) in [5.41, 5.74) is 4.33. The summed E-state index contributed by atoms with van der Waals surface area (Å²) >= 11 is 0. The van der Waals surface area contributed by atoms with Gasteiger partial charge in [0.05, 0.1) is 11.7 Å². The highest BCUT2D eigenvalue weighted by Gasteiger charge is 2.70. The molecule has 1 aliphatic carbocycles. The fraction of sp³-hybridized carbons (Fsp3) is 0.417. The molecule has 0 unspecified atom stereocenters. The highest BCUT2D eigenvalue weighted by Crippen LogP contribution is 2.59. The van der Waals surface area contributed by atoms with Gasteiger partial charge in [0.1, 0.15) is 5.41 Å². The molecule has 0 bridgehead atoms. The van der Waals surface area contributed by atoms with Crippen molar-refractivity contribution in [3.8, 4) is 0 Å². The van der Waals surface area contributed by atoms with Crippen molar-refractivity contribution >= 4 is 23.9 Å². The number of hydrogen-bond donors (Lipinski definition) is 3. The molecule has 0 radical (unpaired) electrons. The van der Waals surface area contributed by atoms with Crippen LogP contribution < -0.4 is 11.1 Å². The molecule has 2 atom stereocenters. The van der Waals surface area contributed by atoms with Crippen LogP contribution in [0.25, 0.3) is 0 Å². The van der Waals surface area contributed by atoms with Crippen molar-refractivity contribution in [1.29, 1.82) is 5.41 Å². The number of hydrogen-bond acceptors (Lipinski definition) is 5. The second kappa shape index (κ2) is 9.93. The molecule has 1 aromatic rings. The van der Waals surface area contributed by atoms with Gasteiger partial charge in [-0.25, -0.2) is 0 Å². The molecule has 1 aliphatic heterocycles. The molecule has 0 spiro atoms. The third kappa shape index (κ3) is 5.23. The molecule has 1 aromatic carbocycles. The molecule has 2 fully saturated rings. The number of benzene rings is 1. The van der Waals surface area contributed by atoms with E-state index in [9.17, 15) is 27.6 Å². The van der Waals surface area contributed by atoms with Gasteiger partial charge in [0.15, 0.2) is 0 Å². The summed E-state index contributed by atoms with van der Waals surface area (Å²) in [4.78, 5) is 41.4. The maximum absolute atomic E-state index is 13.6. The standard InChI is InChI=1S/C24H28F3N5O3/c1-15(11-28)10-18(12-29)30-20(33)21(34)32-13-16(2)31(14-19(32)17-6-4-3-5-7-17)22(35)23(8-9-23)24(25,26)27/h3-7,10-12,16,19,28H,8-9,13-14,29H2,1-2H3,(H,30,33)/b15-10-,18-12+,28-11?/t16-,19-/m1/s1. The Morgan fingerprint density at radius 1 is 1.14 bits per heavy atom. The fourth-order valence-electron chi connectivity index (χ4n) is 4.19. The predicted octanol–water partition coefficient (Wildman–Crippen LogP) is 2.64. The highest BCUT2D eigenvalue weighted by molar-refractivity contribution is 6.35. The normalized spacial score (nSPS) is 22.4. The van der Waals surface area contributed by atoms with Gasteiger partial charge in [0.2, 0.25) is 5.91 Å². The minimum Gasteiger partial charge on any atom is -0.403 e. The summed E-state index contributed by atoms with van der Waals surface area (Å²) < 4.78 is 40.9. The number of carbonyl (C=O) groups excluding carboxylic acids is 3. The van der Waals surface area contributed by atoms with Crippen LogP contribution in [0.5, 0.6) is 0 Å². The van der Waals surface area contributed by atoms with Gasteiger partial charge in [-0.3, -0.25) is 14.4 Å². The van der Waals surface area contributed by atoms with Crippen LogP contribution in [0, 0.1) is 10.8 Å². The molecule has 11 heteroatoms. The first-order chi connectivity index (χ1) is 16.4. The van der Waals surface area contributed by atoms with Crippen molar-refractivity contribution in [2.75, 3.05) is 13.1 Å². The third-order valence-electron chi connectivity index (χ3n) is 6.39. The molecule has 8 nitrogen and oxygen atoms in total. The van der Waals surface area contributed by atoms with E-state index < -0.39 is 41.4 Å². The summed E-state index contributed by atoms with van der Waals surface area (Å²) in [6.07, 6.45) is -1.61. The first kappa shape index (κ1) is 26.0. The quantitative estimate of drug-likeness (QED) is 0.333. The zero-order valence-corrected chi connectivity index (χ0v) is 19.4. The number of nitrogens with one attached hydrogen (secondary N) is 2. The van der Waals surface area contributed by atoms with Crippen molar-refractivity contribution in [1.82, 2.24) is 15.1 Å². The van der Waals surface area contributed by atoms with Crippen molar-refractivity contribution < 1.29 is 27.6 Å². The SMILES string of the molecule is C/C(C=N)=C/C(=C\N)NC(=O)C(=O)N1C[C@@H](C)N(C(=O)C2(C(F)(F)F)CC2)C[C@@H]1c1ccccc1. The summed E-state index contributed by atoms with van der Waals surface area (Å²) in [7, 11) is 0. The van der Waals surface area contributed by atoms with Crippen molar-refractivity contribution in [3.63, 3.8) is 0 Å². The van der Waals surface area contributed by atoms with Crippen molar-refractivity contribution in [2.24, 2.45) is 11.1 Å². The summed E-state index contributed by atoms with van der Waals surface area (Å²) in [5.74, 6) is -2.89. The van der Waals surface area contributed by atoms with Gasteiger partial charge in [-0.2, -0.15) is 13.2 Å². The van der Waals surface area contributed by atoms with E-state index >= 15 is 0 Å². The Bertz CT molecular complexity index is 1060. The fourth-order valence-corrected chi connectivity index (χ4v) is 4.19. The summed E-state index contributed by atoms with van der Waals surface area (Å²) in [6.45, 7) is 2.88. The predicted molar refractivity (Wildman–Crippen MR) is 123 cm³/mol. The number of amides is 3. The Morgan fingerprint density at radius 3 is 2.29 bits per heavy atom. The molecular weight excluding hydrogens is 463 g/mol. The average molecular weight is 492 g/mol. The Morgan fingerprint density at radius 2 is 1.77 bits per heavy atom. The van der Waals surface area contributed by atoms with Gasteiger partial charge in [0, 0.05) is 31.5 Å². The van der Waals surface area contributed by atoms with Crippen molar-refractivity contribution in [2.45, 2.75) is 44.9 Å². The number of allylic oxidation sites excluding steroid dienone is 2. The minimum atomic E-state index is -4.65. The molecule has 2 aliphatic rings. The number of nitrogens with zero attached hydrogens (tertiary/aromatic N) is 2. The van der Waals surface area contributed by atoms with Gasteiger partial charge in [-0.05, 0) is 43.9 Å². The van der Waals surface area contributed by atoms with E-state index in [1.54, 1.807) is 44.2 Å². The monoisotopic (exact) mass is 491 g/mol. The van der Waals surface area contributed by atoms with Gasteiger partial charge in [-0.15, -0.1) is 0 Å². The molecule has 1 saturated carbocycles. The lowest BCUT2D eigenvalue weighted by molar-refractivity contribution is -0.201. The second-order valence-corrected chi connectivity index (χ2v) is 8.88. The van der Waals surface area contributed by atoms with E-state index in [0.717, 1.165) is 12.4 Å². The molecule has 1 heterocycles. The number of halogens is 3. The second-order valence-electron chi connectivity index (χ2n) is 8.88. The van der Waals surface area contributed by atoms with Crippen LogP contribution in [-0.2, 0) is 14.4 Å². The third-order valence-corrected chi connectivity index (χ3v) is 6.39. The Hall–Kier alpha value is -3.63. The number of piperazine rings is 1. The van der Waals surface area contributed by atoms with Crippen LogP contribution in [0.2, 0.25) is 0 Å². The van der Waals surface area contributed by atoms with Crippen LogP contribution in [0.4, 0.5) is 13.2 Å². The smallest absolute Gasteiger partial charge is 0.403 e. The Labute approximate surface area is 201 Å². The van der Waals surface area contributed by atoms with Crippen LogP contribution in [0.1, 0.15) is 38.3 Å². The van der Waals surface area contributed by atoms with Crippen molar-refractivity contribution in [3.05, 3.63) is 59.4 Å². The molecule has 3 amide bonds. The molecule has 0 aromatic heterocycles. The number of alkyl halides is 3. The minimum absolute atomic E-state index is 0.114. The van der Waals surface area contributed by atoms with E-state index in [2.05, 4.69) is 5.32 Å². The molecule has 4 N–H and O–H groups in total. The Kier molecular flexibility index (Phi) is 7.37. The topological polar surface area (TPSA) is 120 Å². The summed E-state index contributed by atoms with van der Waals surface area (Å²) in [5, 5.41) is 9.64. The molecule has 1 saturated heterocycles. The van der Waals surface area contributed by atoms with Gasteiger partial charge in [0.25, 0.3) is 0 Å². The molecule has 35 heavy (non-hydrogen) atoms. The van der Waals surface area contributed by atoms with Crippen LogP contribution in [0.3, 0.4) is 0 Å². The van der Waals surface area contributed by atoms with E-state index in [-0.39, 0.29) is 31.6 Å². The lowest BCUT2D eigenvalue weighted by Gasteiger charge is -2.46. The zero-order chi connectivity index (χ0) is 26.0. The molecular formula is C24H28F3N5O3. The van der Waals surface area contributed by atoms with E-state index in [4.69, 9.17) is 11.1 Å². The lowest BCUT2D eigenvalue weighted by atomic mass is 9.96. The largest absolute Gasteiger partial charge is 0.403 e. The van der Waals surface area contributed by atoms with Gasteiger partial charge in [-0.1, -0.05) is 30.3 Å². The van der Waals surface area contributed by atoms with E-state index in [0.29, 0.717) is 11.1 Å². The molecule has 188 valence electrons. The first-order valence-corrected chi connectivity index (χ1v) is 11.1. The summed E-state index contributed by atoms with van der Waals surface area (Å²) in [6, 6.07) is 7.00. The maximum Gasteiger partial charge on any atom is 0.403 e. The maximum atomic E-state index is 13.6. The van der Waals surface area contributed by atoms with Crippen LogP contribution in [0.15, 0.2) is 53.9 Å². The number of rotatable bonds is 5.